The Morgan fingerprint density at radius 1 is 1.08 bits per heavy atom. The fraction of sp³-hybridized carbons (Fsp3) is 1.00. The van der Waals surface area contributed by atoms with Gasteiger partial charge in [0.05, 0.1) is 9.65 Å². The quantitative estimate of drug-likeness (QED) is 0.577. The van der Waals surface area contributed by atoms with Crippen LogP contribution in [0, 0.1) is 0 Å². The Bertz CT molecular complexity index is 136. The van der Waals surface area contributed by atoms with Crippen LogP contribution in [0.1, 0.15) is 19.3 Å². The molecule has 0 saturated heterocycles. The molecule has 0 bridgehead atoms. The first-order valence-electron chi connectivity index (χ1n) is 4.06. The van der Waals surface area contributed by atoms with Crippen molar-refractivity contribution in [1.82, 2.24) is 0 Å². The minimum absolute atomic E-state index is 0.276. The van der Waals surface area contributed by atoms with E-state index in [1.165, 1.54) is 6.42 Å². The summed E-state index contributed by atoms with van der Waals surface area (Å²) in [5.74, 6) is -0.488. The number of alkyl halides is 2. The van der Waals surface area contributed by atoms with E-state index in [1.54, 1.807) is 14.2 Å². The van der Waals surface area contributed by atoms with Gasteiger partial charge in [0.1, 0.15) is 0 Å². The molecule has 1 saturated carbocycles. The molecule has 1 rings (SSSR count). The molecule has 0 radical (unpaired) electrons. The third kappa shape index (κ3) is 1.72. The van der Waals surface area contributed by atoms with Gasteiger partial charge in [-0.1, -0.05) is 38.3 Å². The van der Waals surface area contributed by atoms with Gasteiger partial charge >= 0.3 is 0 Å². The number of hydrogen-bond acceptors (Lipinski definition) is 2. The van der Waals surface area contributed by atoms with Gasteiger partial charge in [-0.3, -0.25) is 0 Å². The van der Waals surface area contributed by atoms with Crippen molar-refractivity contribution in [1.29, 1.82) is 0 Å². The first-order valence-corrected chi connectivity index (χ1v) is 5.89. The predicted octanol–water partition coefficient (Wildman–Crippen LogP) is 2.69. The van der Waals surface area contributed by atoms with Gasteiger partial charge in [0.2, 0.25) is 0 Å². The Morgan fingerprint density at radius 2 is 1.50 bits per heavy atom. The molecule has 0 heterocycles. The summed E-state index contributed by atoms with van der Waals surface area (Å²) in [4.78, 5) is 0.552. The zero-order valence-electron chi connectivity index (χ0n) is 7.35. The molecule has 0 unspecified atom stereocenters. The highest BCUT2D eigenvalue weighted by Crippen LogP contribution is 2.40. The van der Waals surface area contributed by atoms with Gasteiger partial charge in [-0.25, -0.2) is 0 Å². The lowest BCUT2D eigenvalue weighted by atomic mass is 9.94. The van der Waals surface area contributed by atoms with Crippen molar-refractivity contribution >= 4 is 31.9 Å². The largest absolute Gasteiger partial charge is 0.351 e. The van der Waals surface area contributed by atoms with Crippen molar-refractivity contribution in [3.8, 4) is 0 Å². The van der Waals surface area contributed by atoms with Crippen LogP contribution in [0.4, 0.5) is 0 Å². The maximum absolute atomic E-state index is 5.44. The number of hydrogen-bond donors (Lipinski definition) is 0. The molecule has 0 spiro atoms. The van der Waals surface area contributed by atoms with Crippen molar-refractivity contribution in [2.45, 2.75) is 34.7 Å². The first kappa shape index (κ1) is 11.0. The highest BCUT2D eigenvalue weighted by atomic mass is 79.9. The summed E-state index contributed by atoms with van der Waals surface area (Å²) in [5.41, 5.74) is 0. The van der Waals surface area contributed by atoms with Gasteiger partial charge in [0.15, 0.2) is 5.79 Å². The Kier molecular flexibility index (Phi) is 4.02. The SMILES string of the molecule is COC1(OC)[C@@H](Br)CCC[C@@H]1Br. The predicted molar refractivity (Wildman–Crippen MR) is 56.0 cm³/mol. The molecule has 0 amide bonds. The highest BCUT2D eigenvalue weighted by molar-refractivity contribution is 9.10. The maximum Gasteiger partial charge on any atom is 0.192 e. The van der Waals surface area contributed by atoms with E-state index < -0.39 is 5.79 Å². The molecule has 0 N–H and O–H groups in total. The monoisotopic (exact) mass is 300 g/mol. The second kappa shape index (κ2) is 4.40. The molecule has 1 aliphatic rings. The fourth-order valence-electron chi connectivity index (χ4n) is 1.67. The summed E-state index contributed by atoms with van der Waals surface area (Å²) in [6, 6.07) is 0. The molecule has 0 aromatic heterocycles. The van der Waals surface area contributed by atoms with Crippen LogP contribution in [0.25, 0.3) is 0 Å². The smallest absolute Gasteiger partial charge is 0.192 e. The topological polar surface area (TPSA) is 18.5 Å². The molecule has 2 atom stereocenters. The van der Waals surface area contributed by atoms with E-state index in [4.69, 9.17) is 9.47 Å². The van der Waals surface area contributed by atoms with Crippen molar-refractivity contribution in [2.24, 2.45) is 0 Å². The van der Waals surface area contributed by atoms with Gasteiger partial charge in [0.25, 0.3) is 0 Å². The van der Waals surface area contributed by atoms with E-state index >= 15 is 0 Å². The number of methoxy groups -OCH3 is 2. The number of rotatable bonds is 2. The molecule has 72 valence electrons. The van der Waals surface area contributed by atoms with Gasteiger partial charge in [-0.2, -0.15) is 0 Å². The second-order valence-electron chi connectivity index (χ2n) is 3.00. The zero-order chi connectivity index (χ0) is 9.19. The molecule has 1 aliphatic carbocycles. The fourth-order valence-corrected chi connectivity index (χ4v) is 4.06. The summed E-state index contributed by atoms with van der Waals surface area (Å²) in [5, 5.41) is 0. The second-order valence-corrected chi connectivity index (χ2v) is 5.21. The van der Waals surface area contributed by atoms with Crippen LogP contribution in [0.5, 0.6) is 0 Å². The molecular formula is C8H14Br2O2. The van der Waals surface area contributed by atoms with Crippen molar-refractivity contribution in [3.05, 3.63) is 0 Å². The number of halogens is 2. The van der Waals surface area contributed by atoms with E-state index in [0.717, 1.165) is 12.8 Å². The van der Waals surface area contributed by atoms with Crippen LogP contribution in [0.2, 0.25) is 0 Å². The summed E-state index contributed by atoms with van der Waals surface area (Å²) in [7, 11) is 3.38. The Labute approximate surface area is 90.3 Å². The van der Waals surface area contributed by atoms with Gasteiger partial charge < -0.3 is 9.47 Å². The molecular weight excluding hydrogens is 288 g/mol. The maximum atomic E-state index is 5.44. The van der Waals surface area contributed by atoms with Gasteiger partial charge in [-0.15, -0.1) is 0 Å². The molecule has 0 aliphatic heterocycles. The van der Waals surface area contributed by atoms with Crippen LogP contribution < -0.4 is 0 Å². The highest BCUT2D eigenvalue weighted by Gasteiger charge is 2.46. The number of ether oxygens (including phenoxy) is 2. The third-order valence-electron chi connectivity index (χ3n) is 2.43. The average Bonchev–Trinajstić information content (AvgIpc) is 2.06. The van der Waals surface area contributed by atoms with E-state index in [2.05, 4.69) is 31.9 Å². The average molecular weight is 302 g/mol. The van der Waals surface area contributed by atoms with Crippen molar-refractivity contribution in [2.75, 3.05) is 14.2 Å². The molecule has 12 heavy (non-hydrogen) atoms. The lowest BCUT2D eigenvalue weighted by Gasteiger charge is -2.42. The molecule has 0 aromatic carbocycles. The summed E-state index contributed by atoms with van der Waals surface area (Å²) < 4.78 is 10.9. The zero-order valence-corrected chi connectivity index (χ0v) is 10.5. The molecule has 0 aromatic rings. The standard InChI is InChI=1S/C8H14Br2O2/c1-11-8(12-2)6(9)4-3-5-7(8)10/h6-7H,3-5H2,1-2H3/t6-,7-/m0/s1. The van der Waals surface area contributed by atoms with Crippen molar-refractivity contribution in [3.63, 3.8) is 0 Å². The van der Waals surface area contributed by atoms with E-state index in [0.29, 0.717) is 0 Å². The van der Waals surface area contributed by atoms with Crippen LogP contribution in [0.15, 0.2) is 0 Å². The lowest BCUT2D eigenvalue weighted by molar-refractivity contribution is -0.211. The Hall–Kier alpha value is 0.880. The Morgan fingerprint density at radius 3 is 1.75 bits per heavy atom. The third-order valence-corrected chi connectivity index (χ3v) is 4.62. The summed E-state index contributed by atoms with van der Waals surface area (Å²) in [6.07, 6.45) is 3.41. The van der Waals surface area contributed by atoms with Crippen LogP contribution in [-0.4, -0.2) is 29.7 Å². The van der Waals surface area contributed by atoms with Crippen LogP contribution in [0.3, 0.4) is 0 Å². The van der Waals surface area contributed by atoms with Crippen molar-refractivity contribution < 1.29 is 9.47 Å². The van der Waals surface area contributed by atoms with Crippen LogP contribution >= 0.6 is 31.9 Å². The summed E-state index contributed by atoms with van der Waals surface area (Å²) in [6.45, 7) is 0. The first-order chi connectivity index (χ1) is 5.67. The molecule has 4 heteroatoms. The van der Waals surface area contributed by atoms with Crippen LogP contribution in [-0.2, 0) is 9.47 Å². The summed E-state index contributed by atoms with van der Waals surface area (Å²) >= 11 is 7.19. The minimum atomic E-state index is -0.488. The lowest BCUT2D eigenvalue weighted by Crippen LogP contribution is -2.52. The van der Waals surface area contributed by atoms with Gasteiger partial charge in [0, 0.05) is 14.2 Å². The Balaban J connectivity index is 2.77. The molecule has 2 nitrogen and oxygen atoms in total. The van der Waals surface area contributed by atoms with E-state index in [9.17, 15) is 0 Å². The van der Waals surface area contributed by atoms with Gasteiger partial charge in [-0.05, 0) is 12.8 Å². The normalized spacial score (nSPS) is 35.0. The van der Waals surface area contributed by atoms with E-state index in [-0.39, 0.29) is 9.65 Å². The van der Waals surface area contributed by atoms with E-state index in [1.807, 2.05) is 0 Å². The molecule has 1 fully saturated rings. The minimum Gasteiger partial charge on any atom is -0.351 e.